The maximum absolute atomic E-state index is 12.5. The quantitative estimate of drug-likeness (QED) is 0.814. The van der Waals surface area contributed by atoms with E-state index in [4.69, 9.17) is 4.74 Å². The summed E-state index contributed by atoms with van der Waals surface area (Å²) in [6, 6.07) is 14.9. The highest BCUT2D eigenvalue weighted by molar-refractivity contribution is 6.09. The topological polar surface area (TPSA) is 46.6 Å². The molecule has 2 aromatic rings. The lowest BCUT2D eigenvalue weighted by Crippen LogP contribution is -2.43. The van der Waals surface area contributed by atoms with Crippen LogP contribution in [0, 0.1) is 0 Å². The van der Waals surface area contributed by atoms with E-state index in [-0.39, 0.29) is 18.2 Å². The average Bonchev–Trinajstić information content (AvgIpc) is 2.55. The number of hydrogen-bond acceptors (Lipinski definition) is 3. The van der Waals surface area contributed by atoms with Crippen LogP contribution < -0.4 is 4.74 Å². The number of carbonyl (C=O) groups excluding carboxylic acids is 2. The number of rotatable bonds is 4. The van der Waals surface area contributed by atoms with Crippen LogP contribution in [0.3, 0.4) is 0 Å². The molecule has 1 aliphatic heterocycles. The summed E-state index contributed by atoms with van der Waals surface area (Å²) in [5.41, 5.74) is 2.43. The van der Waals surface area contributed by atoms with Crippen molar-refractivity contribution in [3.05, 3.63) is 65.2 Å². The summed E-state index contributed by atoms with van der Waals surface area (Å²) >= 11 is 0. The SMILES string of the molecule is COc1ccccc1CCN1C(=O)Cc2ccccc2C1=O. The molecule has 0 fully saturated rings. The summed E-state index contributed by atoms with van der Waals surface area (Å²) in [5.74, 6) is 0.431. The van der Waals surface area contributed by atoms with Gasteiger partial charge in [0.15, 0.2) is 0 Å². The van der Waals surface area contributed by atoms with Gasteiger partial charge in [-0.1, -0.05) is 36.4 Å². The molecular formula is C18H17NO3. The normalized spacial score (nSPS) is 14.0. The van der Waals surface area contributed by atoms with Crippen LogP contribution in [0.1, 0.15) is 21.5 Å². The molecule has 4 nitrogen and oxygen atoms in total. The number of nitrogens with zero attached hydrogens (tertiary/aromatic N) is 1. The molecule has 112 valence electrons. The lowest BCUT2D eigenvalue weighted by atomic mass is 9.98. The van der Waals surface area contributed by atoms with Crippen molar-refractivity contribution in [1.82, 2.24) is 4.90 Å². The van der Waals surface area contributed by atoms with Gasteiger partial charge >= 0.3 is 0 Å². The summed E-state index contributed by atoms with van der Waals surface area (Å²) < 4.78 is 5.31. The predicted octanol–water partition coefficient (Wildman–Crippen LogP) is 2.46. The van der Waals surface area contributed by atoms with Gasteiger partial charge in [0.2, 0.25) is 5.91 Å². The maximum Gasteiger partial charge on any atom is 0.260 e. The zero-order valence-corrected chi connectivity index (χ0v) is 12.4. The zero-order valence-electron chi connectivity index (χ0n) is 12.4. The molecule has 22 heavy (non-hydrogen) atoms. The highest BCUT2D eigenvalue weighted by atomic mass is 16.5. The number of para-hydroxylation sites is 1. The molecular weight excluding hydrogens is 278 g/mol. The van der Waals surface area contributed by atoms with E-state index >= 15 is 0 Å². The molecule has 0 radical (unpaired) electrons. The number of methoxy groups -OCH3 is 1. The number of hydrogen-bond donors (Lipinski definition) is 0. The Morgan fingerprint density at radius 3 is 2.59 bits per heavy atom. The van der Waals surface area contributed by atoms with Gasteiger partial charge < -0.3 is 4.74 Å². The van der Waals surface area contributed by atoms with E-state index in [9.17, 15) is 9.59 Å². The number of carbonyl (C=O) groups is 2. The van der Waals surface area contributed by atoms with Crippen molar-refractivity contribution in [1.29, 1.82) is 0 Å². The molecule has 0 aromatic heterocycles. The van der Waals surface area contributed by atoms with E-state index in [0.29, 0.717) is 18.5 Å². The maximum atomic E-state index is 12.5. The standard InChI is InChI=1S/C18H17NO3/c1-22-16-9-5-3-6-13(16)10-11-19-17(20)12-14-7-2-4-8-15(14)18(19)21/h2-9H,10-12H2,1H3. The Kier molecular flexibility index (Phi) is 3.92. The van der Waals surface area contributed by atoms with Crippen molar-refractivity contribution in [2.45, 2.75) is 12.8 Å². The molecule has 2 aromatic carbocycles. The van der Waals surface area contributed by atoms with Crippen LogP contribution in [-0.2, 0) is 17.6 Å². The molecule has 0 bridgehead atoms. The molecule has 0 saturated carbocycles. The fourth-order valence-electron chi connectivity index (χ4n) is 2.77. The minimum Gasteiger partial charge on any atom is -0.496 e. The Labute approximate surface area is 129 Å². The van der Waals surface area contributed by atoms with E-state index < -0.39 is 0 Å². The third kappa shape index (κ3) is 2.60. The molecule has 0 unspecified atom stereocenters. The molecule has 0 spiro atoms. The van der Waals surface area contributed by atoms with Crippen LogP contribution in [0.5, 0.6) is 5.75 Å². The highest BCUT2D eigenvalue weighted by Crippen LogP contribution is 2.22. The first-order chi connectivity index (χ1) is 10.7. The molecule has 4 heteroatoms. The van der Waals surface area contributed by atoms with E-state index in [2.05, 4.69) is 0 Å². The lowest BCUT2D eigenvalue weighted by molar-refractivity contribution is -0.128. The first kappa shape index (κ1) is 14.3. The first-order valence-corrected chi connectivity index (χ1v) is 7.25. The van der Waals surface area contributed by atoms with Gasteiger partial charge in [0, 0.05) is 12.1 Å². The number of imide groups is 1. The number of fused-ring (bicyclic) bond motifs is 1. The van der Waals surface area contributed by atoms with Crippen LogP contribution in [-0.4, -0.2) is 30.4 Å². The van der Waals surface area contributed by atoms with Crippen LogP contribution in [0.4, 0.5) is 0 Å². The van der Waals surface area contributed by atoms with Gasteiger partial charge in [-0.25, -0.2) is 0 Å². The molecule has 3 rings (SSSR count). The number of benzene rings is 2. The van der Waals surface area contributed by atoms with Crippen LogP contribution in [0.15, 0.2) is 48.5 Å². The second-order valence-corrected chi connectivity index (χ2v) is 5.25. The predicted molar refractivity (Wildman–Crippen MR) is 82.9 cm³/mol. The van der Waals surface area contributed by atoms with Gasteiger partial charge in [-0.2, -0.15) is 0 Å². The Morgan fingerprint density at radius 1 is 1.05 bits per heavy atom. The molecule has 0 aliphatic carbocycles. The highest BCUT2D eigenvalue weighted by Gasteiger charge is 2.30. The van der Waals surface area contributed by atoms with Crippen molar-refractivity contribution in [2.24, 2.45) is 0 Å². The van der Waals surface area contributed by atoms with E-state index in [1.807, 2.05) is 42.5 Å². The third-order valence-corrected chi connectivity index (χ3v) is 3.93. The first-order valence-electron chi connectivity index (χ1n) is 7.25. The second-order valence-electron chi connectivity index (χ2n) is 5.25. The molecule has 2 amide bonds. The van der Waals surface area contributed by atoms with Gasteiger partial charge in [-0.15, -0.1) is 0 Å². The molecule has 0 N–H and O–H groups in total. The van der Waals surface area contributed by atoms with Gasteiger partial charge in [-0.3, -0.25) is 14.5 Å². The summed E-state index contributed by atoms with van der Waals surface area (Å²) in [6.45, 7) is 0.367. The molecule has 1 aliphatic rings. The Bertz CT molecular complexity index is 724. The summed E-state index contributed by atoms with van der Waals surface area (Å²) in [7, 11) is 1.62. The number of amides is 2. The van der Waals surface area contributed by atoms with Crippen molar-refractivity contribution in [3.8, 4) is 5.75 Å². The Balaban J connectivity index is 1.78. The third-order valence-electron chi connectivity index (χ3n) is 3.93. The van der Waals surface area contributed by atoms with E-state index in [1.165, 1.54) is 4.90 Å². The fraction of sp³-hybridized carbons (Fsp3) is 0.222. The smallest absolute Gasteiger partial charge is 0.260 e. The fourth-order valence-corrected chi connectivity index (χ4v) is 2.77. The summed E-state index contributed by atoms with van der Waals surface area (Å²) in [6.07, 6.45) is 0.873. The molecule has 0 saturated heterocycles. The van der Waals surface area contributed by atoms with Gasteiger partial charge in [0.05, 0.1) is 13.5 Å². The molecule has 1 heterocycles. The van der Waals surface area contributed by atoms with Crippen molar-refractivity contribution < 1.29 is 14.3 Å². The van der Waals surface area contributed by atoms with Crippen LogP contribution >= 0.6 is 0 Å². The zero-order chi connectivity index (χ0) is 15.5. The van der Waals surface area contributed by atoms with Gasteiger partial charge in [-0.05, 0) is 29.7 Å². The van der Waals surface area contributed by atoms with Gasteiger partial charge in [0.25, 0.3) is 5.91 Å². The van der Waals surface area contributed by atoms with Crippen molar-refractivity contribution in [2.75, 3.05) is 13.7 Å². The Hall–Kier alpha value is -2.62. The Morgan fingerprint density at radius 2 is 1.77 bits per heavy atom. The summed E-state index contributed by atoms with van der Waals surface area (Å²) in [5, 5.41) is 0. The largest absolute Gasteiger partial charge is 0.496 e. The monoisotopic (exact) mass is 295 g/mol. The summed E-state index contributed by atoms with van der Waals surface area (Å²) in [4.78, 5) is 26.0. The van der Waals surface area contributed by atoms with E-state index in [1.54, 1.807) is 13.2 Å². The van der Waals surface area contributed by atoms with E-state index in [0.717, 1.165) is 16.9 Å². The average molecular weight is 295 g/mol. The number of ether oxygens (including phenoxy) is 1. The minimum absolute atomic E-state index is 0.140. The second kappa shape index (κ2) is 6.02. The minimum atomic E-state index is -0.207. The van der Waals surface area contributed by atoms with Crippen LogP contribution in [0.25, 0.3) is 0 Å². The lowest BCUT2D eigenvalue weighted by Gasteiger charge is -2.27. The molecule has 0 atom stereocenters. The van der Waals surface area contributed by atoms with Crippen molar-refractivity contribution >= 4 is 11.8 Å². The van der Waals surface area contributed by atoms with Gasteiger partial charge in [0.1, 0.15) is 5.75 Å². The van der Waals surface area contributed by atoms with Crippen molar-refractivity contribution in [3.63, 3.8) is 0 Å². The van der Waals surface area contributed by atoms with Crippen LogP contribution in [0.2, 0.25) is 0 Å².